The van der Waals surface area contributed by atoms with E-state index >= 15 is 0 Å². The van der Waals surface area contributed by atoms with Gasteiger partial charge in [0.25, 0.3) is 0 Å². The molecule has 4 nitrogen and oxygen atoms in total. The van der Waals surface area contributed by atoms with Gasteiger partial charge in [-0.05, 0) is 24.5 Å². The minimum atomic E-state index is -0.00397. The number of ether oxygens (including phenoxy) is 1. The van der Waals surface area contributed by atoms with Crippen molar-refractivity contribution in [2.45, 2.75) is 45.8 Å². The van der Waals surface area contributed by atoms with Crippen LogP contribution in [0.4, 0.5) is 5.69 Å². The fourth-order valence-corrected chi connectivity index (χ4v) is 2.63. The quantitative estimate of drug-likeness (QED) is 0.869. The van der Waals surface area contributed by atoms with Crippen LogP contribution in [-0.2, 0) is 11.3 Å². The molecule has 1 N–H and O–H groups in total. The van der Waals surface area contributed by atoms with E-state index in [2.05, 4.69) is 23.7 Å². The second kappa shape index (κ2) is 7.60. The van der Waals surface area contributed by atoms with E-state index < -0.39 is 0 Å². The van der Waals surface area contributed by atoms with E-state index in [1.54, 1.807) is 6.20 Å². The second-order valence-electron chi connectivity index (χ2n) is 5.93. The van der Waals surface area contributed by atoms with Gasteiger partial charge < -0.3 is 14.7 Å². The summed E-state index contributed by atoms with van der Waals surface area (Å²) in [7, 11) is 0. The number of morpholine rings is 1. The lowest BCUT2D eigenvalue weighted by molar-refractivity contribution is 0.0331. The van der Waals surface area contributed by atoms with Crippen molar-refractivity contribution >= 4 is 5.69 Å². The van der Waals surface area contributed by atoms with Crippen LogP contribution in [-0.4, -0.2) is 35.9 Å². The molecule has 1 aromatic heterocycles. The average Bonchev–Trinajstić information content (AvgIpc) is 2.47. The number of anilines is 1. The molecule has 2 heterocycles. The highest BCUT2D eigenvalue weighted by molar-refractivity contribution is 5.46. The fourth-order valence-electron chi connectivity index (χ4n) is 2.63. The highest BCUT2D eigenvalue weighted by atomic mass is 16.5. The SMILES string of the molecule is CC(C)CCC[C@H]1CN(c2ccnc(CO)c2)CCO1. The van der Waals surface area contributed by atoms with Gasteiger partial charge in [-0.2, -0.15) is 0 Å². The van der Waals surface area contributed by atoms with Crippen LogP contribution in [0.3, 0.4) is 0 Å². The van der Waals surface area contributed by atoms with Gasteiger partial charge in [0.1, 0.15) is 0 Å². The topological polar surface area (TPSA) is 45.6 Å². The number of aliphatic hydroxyl groups is 1. The van der Waals surface area contributed by atoms with Crippen molar-refractivity contribution in [2.75, 3.05) is 24.6 Å². The summed E-state index contributed by atoms with van der Waals surface area (Å²) in [5.74, 6) is 0.766. The van der Waals surface area contributed by atoms with E-state index in [0.717, 1.165) is 43.4 Å². The molecule has 112 valence electrons. The van der Waals surface area contributed by atoms with Gasteiger partial charge >= 0.3 is 0 Å². The van der Waals surface area contributed by atoms with Crippen LogP contribution in [0, 0.1) is 5.92 Å². The molecule has 0 radical (unpaired) electrons. The molecule has 4 heteroatoms. The second-order valence-corrected chi connectivity index (χ2v) is 5.93. The first-order valence-corrected chi connectivity index (χ1v) is 7.61. The van der Waals surface area contributed by atoms with Gasteiger partial charge in [0, 0.05) is 25.0 Å². The van der Waals surface area contributed by atoms with E-state index in [-0.39, 0.29) is 6.61 Å². The van der Waals surface area contributed by atoms with E-state index in [4.69, 9.17) is 4.74 Å². The van der Waals surface area contributed by atoms with Gasteiger partial charge in [-0.3, -0.25) is 4.98 Å². The number of hydrogen-bond acceptors (Lipinski definition) is 4. The summed E-state index contributed by atoms with van der Waals surface area (Å²) >= 11 is 0. The van der Waals surface area contributed by atoms with Crippen LogP contribution in [0.5, 0.6) is 0 Å². The first-order valence-electron chi connectivity index (χ1n) is 7.61. The molecular weight excluding hydrogens is 252 g/mol. The Kier molecular flexibility index (Phi) is 5.80. The molecule has 0 amide bonds. The molecule has 1 aliphatic heterocycles. The number of aromatic nitrogens is 1. The third kappa shape index (κ3) is 4.46. The van der Waals surface area contributed by atoms with Crippen LogP contribution in [0.25, 0.3) is 0 Å². The van der Waals surface area contributed by atoms with Gasteiger partial charge in [0.2, 0.25) is 0 Å². The molecule has 1 aliphatic rings. The Balaban J connectivity index is 1.89. The molecule has 0 saturated carbocycles. The van der Waals surface area contributed by atoms with Crippen LogP contribution < -0.4 is 4.90 Å². The third-order valence-electron chi connectivity index (χ3n) is 3.77. The molecule has 20 heavy (non-hydrogen) atoms. The number of aliphatic hydroxyl groups excluding tert-OH is 1. The number of hydrogen-bond donors (Lipinski definition) is 1. The predicted octanol–water partition coefficient (Wildman–Crippen LogP) is 2.61. The van der Waals surface area contributed by atoms with Crippen molar-refractivity contribution in [1.82, 2.24) is 4.98 Å². The van der Waals surface area contributed by atoms with Gasteiger partial charge in [0.05, 0.1) is 25.0 Å². The molecule has 0 unspecified atom stereocenters. The summed E-state index contributed by atoms with van der Waals surface area (Å²) in [6.07, 6.45) is 5.72. The molecule has 1 aromatic rings. The molecule has 0 bridgehead atoms. The van der Waals surface area contributed by atoms with Gasteiger partial charge in [-0.1, -0.05) is 26.7 Å². The van der Waals surface area contributed by atoms with E-state index in [9.17, 15) is 5.11 Å². The Morgan fingerprint density at radius 3 is 3.10 bits per heavy atom. The van der Waals surface area contributed by atoms with Crippen molar-refractivity contribution in [2.24, 2.45) is 5.92 Å². The molecule has 1 fully saturated rings. The summed E-state index contributed by atoms with van der Waals surface area (Å²) in [6.45, 7) is 7.16. The minimum absolute atomic E-state index is 0.00397. The summed E-state index contributed by atoms with van der Waals surface area (Å²) in [6, 6.07) is 3.98. The number of nitrogens with zero attached hydrogens (tertiary/aromatic N) is 2. The Bertz CT molecular complexity index is 409. The van der Waals surface area contributed by atoms with E-state index in [0.29, 0.717) is 6.10 Å². The van der Waals surface area contributed by atoms with Crippen LogP contribution >= 0.6 is 0 Å². The third-order valence-corrected chi connectivity index (χ3v) is 3.77. The molecule has 2 rings (SSSR count). The highest BCUT2D eigenvalue weighted by Crippen LogP contribution is 2.21. The normalized spacial score (nSPS) is 19.6. The Labute approximate surface area is 121 Å². The molecular formula is C16H26N2O2. The zero-order valence-corrected chi connectivity index (χ0v) is 12.6. The van der Waals surface area contributed by atoms with Crippen LogP contribution in [0.1, 0.15) is 38.8 Å². The smallest absolute Gasteiger partial charge is 0.0853 e. The van der Waals surface area contributed by atoms with Crippen LogP contribution in [0.2, 0.25) is 0 Å². The maximum absolute atomic E-state index is 9.17. The van der Waals surface area contributed by atoms with Crippen molar-refractivity contribution < 1.29 is 9.84 Å². The Morgan fingerprint density at radius 2 is 2.35 bits per heavy atom. The monoisotopic (exact) mass is 278 g/mol. The standard InChI is InChI=1S/C16H26N2O2/c1-13(2)4-3-5-16-11-18(8-9-20-16)15-6-7-17-14(10-15)12-19/h6-7,10,13,16,19H,3-5,8-9,11-12H2,1-2H3/t16-/m0/s1. The maximum Gasteiger partial charge on any atom is 0.0853 e. The molecule has 0 aromatic carbocycles. The summed E-state index contributed by atoms with van der Waals surface area (Å²) in [5.41, 5.74) is 1.87. The molecule has 1 atom stereocenters. The Hall–Kier alpha value is -1.13. The van der Waals surface area contributed by atoms with Crippen molar-refractivity contribution in [1.29, 1.82) is 0 Å². The maximum atomic E-state index is 9.17. The predicted molar refractivity (Wildman–Crippen MR) is 80.8 cm³/mol. The Morgan fingerprint density at radius 1 is 1.50 bits per heavy atom. The summed E-state index contributed by atoms with van der Waals surface area (Å²) in [4.78, 5) is 6.47. The highest BCUT2D eigenvalue weighted by Gasteiger charge is 2.20. The zero-order chi connectivity index (χ0) is 14.4. The van der Waals surface area contributed by atoms with Crippen molar-refractivity contribution in [3.05, 3.63) is 24.0 Å². The zero-order valence-electron chi connectivity index (χ0n) is 12.6. The first kappa shape index (κ1) is 15.3. The lowest BCUT2D eigenvalue weighted by Crippen LogP contribution is -2.42. The number of rotatable bonds is 6. The number of pyridine rings is 1. The van der Waals surface area contributed by atoms with E-state index in [1.165, 1.54) is 12.8 Å². The summed E-state index contributed by atoms with van der Waals surface area (Å²) in [5, 5.41) is 9.17. The summed E-state index contributed by atoms with van der Waals surface area (Å²) < 4.78 is 5.86. The molecule has 1 saturated heterocycles. The van der Waals surface area contributed by atoms with Crippen molar-refractivity contribution in [3.63, 3.8) is 0 Å². The van der Waals surface area contributed by atoms with Gasteiger partial charge in [0.15, 0.2) is 0 Å². The average molecular weight is 278 g/mol. The molecule has 0 aliphatic carbocycles. The van der Waals surface area contributed by atoms with Gasteiger partial charge in [-0.25, -0.2) is 0 Å². The van der Waals surface area contributed by atoms with Crippen molar-refractivity contribution in [3.8, 4) is 0 Å². The van der Waals surface area contributed by atoms with E-state index in [1.807, 2.05) is 12.1 Å². The lowest BCUT2D eigenvalue weighted by Gasteiger charge is -2.34. The van der Waals surface area contributed by atoms with Crippen LogP contribution in [0.15, 0.2) is 18.3 Å². The first-order chi connectivity index (χ1) is 9.69. The molecule has 0 spiro atoms. The minimum Gasteiger partial charge on any atom is -0.390 e. The largest absolute Gasteiger partial charge is 0.390 e. The fraction of sp³-hybridized carbons (Fsp3) is 0.688. The lowest BCUT2D eigenvalue weighted by atomic mass is 10.0. The van der Waals surface area contributed by atoms with Gasteiger partial charge in [-0.15, -0.1) is 0 Å².